The van der Waals surface area contributed by atoms with E-state index in [1.54, 1.807) is 16.6 Å². The highest BCUT2D eigenvalue weighted by Gasteiger charge is 2.08. The van der Waals surface area contributed by atoms with Crippen molar-refractivity contribution < 1.29 is 4.39 Å². The third-order valence-electron chi connectivity index (χ3n) is 2.33. The van der Waals surface area contributed by atoms with Gasteiger partial charge < -0.3 is 0 Å². The van der Waals surface area contributed by atoms with Crippen molar-refractivity contribution in [1.29, 1.82) is 0 Å². The van der Waals surface area contributed by atoms with Crippen molar-refractivity contribution in [2.24, 2.45) is 0 Å². The third kappa shape index (κ3) is 1.39. The molecule has 74 valence electrons. The molecule has 0 aliphatic carbocycles. The molecular weight excluding hydrogens is 179 g/mol. The van der Waals surface area contributed by atoms with E-state index in [4.69, 9.17) is 0 Å². The number of aryl methyl sites for hydroxylation is 1. The molecule has 0 N–H and O–H groups in total. The lowest BCUT2D eigenvalue weighted by Crippen LogP contribution is -1.96. The zero-order chi connectivity index (χ0) is 10.3. The fraction of sp³-hybridized carbons (Fsp3) is 0.364. The molecule has 0 saturated carbocycles. The van der Waals surface area contributed by atoms with Crippen molar-refractivity contribution in [2.45, 2.75) is 26.7 Å². The van der Waals surface area contributed by atoms with Crippen molar-refractivity contribution in [3.63, 3.8) is 0 Å². The zero-order valence-electron chi connectivity index (χ0n) is 8.58. The molecule has 0 aliphatic heterocycles. The first-order chi connectivity index (χ1) is 6.58. The summed E-state index contributed by atoms with van der Waals surface area (Å²) in [5.74, 6) is 0.121. The molecular formula is C11H13FN2. The van der Waals surface area contributed by atoms with Gasteiger partial charge in [-0.25, -0.2) is 8.91 Å². The van der Waals surface area contributed by atoms with Gasteiger partial charge in [0.15, 0.2) is 0 Å². The summed E-state index contributed by atoms with van der Waals surface area (Å²) in [4.78, 5) is 0. The van der Waals surface area contributed by atoms with Crippen LogP contribution in [0.3, 0.4) is 0 Å². The Labute approximate surface area is 82.4 Å². The molecule has 2 aromatic heterocycles. The van der Waals surface area contributed by atoms with Gasteiger partial charge in [-0.1, -0.05) is 13.8 Å². The number of hydrogen-bond acceptors (Lipinski definition) is 1. The summed E-state index contributed by atoms with van der Waals surface area (Å²) in [6.07, 6.45) is 1.88. The summed E-state index contributed by atoms with van der Waals surface area (Å²) in [7, 11) is 0. The molecule has 2 heterocycles. The van der Waals surface area contributed by atoms with E-state index in [1.807, 2.05) is 27.0 Å². The lowest BCUT2D eigenvalue weighted by molar-refractivity contribution is 0.624. The molecule has 0 aromatic carbocycles. The van der Waals surface area contributed by atoms with Gasteiger partial charge in [0, 0.05) is 6.20 Å². The van der Waals surface area contributed by atoms with Crippen LogP contribution in [0.4, 0.5) is 4.39 Å². The molecule has 0 aliphatic rings. The van der Waals surface area contributed by atoms with E-state index in [1.165, 1.54) is 0 Å². The van der Waals surface area contributed by atoms with Crippen molar-refractivity contribution >= 4 is 5.52 Å². The average Bonchev–Trinajstić information content (AvgIpc) is 2.45. The van der Waals surface area contributed by atoms with Crippen LogP contribution in [-0.4, -0.2) is 9.61 Å². The van der Waals surface area contributed by atoms with Gasteiger partial charge in [0.05, 0.1) is 5.69 Å². The quantitative estimate of drug-likeness (QED) is 0.679. The van der Waals surface area contributed by atoms with Crippen molar-refractivity contribution in [3.8, 4) is 0 Å². The molecule has 0 saturated heterocycles. The Morgan fingerprint density at radius 1 is 1.36 bits per heavy atom. The Morgan fingerprint density at radius 3 is 2.71 bits per heavy atom. The number of rotatable bonds is 1. The standard InChI is InChI=1S/C11H13FN2/c1-7(2)9-5-10(12)11-4-8(3)13-14(11)6-9/h4-7H,1-3H3. The first-order valence-electron chi connectivity index (χ1n) is 4.73. The van der Waals surface area contributed by atoms with Gasteiger partial charge in [0.25, 0.3) is 0 Å². The molecule has 0 fully saturated rings. The van der Waals surface area contributed by atoms with E-state index in [0.717, 1.165) is 11.3 Å². The fourth-order valence-corrected chi connectivity index (χ4v) is 1.51. The van der Waals surface area contributed by atoms with Gasteiger partial charge in [-0.15, -0.1) is 0 Å². The Balaban J connectivity index is 2.71. The van der Waals surface area contributed by atoms with E-state index in [0.29, 0.717) is 11.4 Å². The van der Waals surface area contributed by atoms with Gasteiger partial charge in [0.1, 0.15) is 11.3 Å². The SMILES string of the molecule is Cc1cc2c(F)cc(C(C)C)cn2n1. The number of nitrogens with zero attached hydrogens (tertiary/aromatic N) is 2. The van der Waals surface area contributed by atoms with Crippen LogP contribution in [0.1, 0.15) is 31.0 Å². The highest BCUT2D eigenvalue weighted by molar-refractivity contribution is 5.50. The van der Waals surface area contributed by atoms with Gasteiger partial charge in [-0.2, -0.15) is 5.10 Å². The second-order valence-electron chi connectivity index (χ2n) is 3.89. The first kappa shape index (κ1) is 9.19. The van der Waals surface area contributed by atoms with Crippen LogP contribution in [0.5, 0.6) is 0 Å². The molecule has 0 atom stereocenters. The summed E-state index contributed by atoms with van der Waals surface area (Å²) in [5.41, 5.74) is 2.36. The highest BCUT2D eigenvalue weighted by Crippen LogP contribution is 2.19. The number of hydrogen-bond donors (Lipinski definition) is 0. The van der Waals surface area contributed by atoms with Crippen molar-refractivity contribution in [1.82, 2.24) is 9.61 Å². The number of halogens is 1. The minimum absolute atomic E-state index is 0.197. The predicted octanol–water partition coefficient (Wildman–Crippen LogP) is 2.91. The van der Waals surface area contributed by atoms with Crippen LogP contribution < -0.4 is 0 Å². The van der Waals surface area contributed by atoms with Crippen LogP contribution in [0.2, 0.25) is 0 Å². The molecule has 14 heavy (non-hydrogen) atoms. The normalized spacial score (nSPS) is 11.5. The van der Waals surface area contributed by atoms with E-state index in [-0.39, 0.29) is 5.82 Å². The Bertz CT molecular complexity index is 471. The van der Waals surface area contributed by atoms with Gasteiger partial charge >= 0.3 is 0 Å². The average molecular weight is 192 g/mol. The van der Waals surface area contributed by atoms with Gasteiger partial charge in [0.2, 0.25) is 0 Å². The summed E-state index contributed by atoms with van der Waals surface area (Å²) in [5, 5.41) is 4.19. The van der Waals surface area contributed by atoms with Crippen LogP contribution in [-0.2, 0) is 0 Å². The Hall–Kier alpha value is -1.38. The summed E-state index contributed by atoms with van der Waals surface area (Å²) < 4.78 is 15.2. The lowest BCUT2D eigenvalue weighted by atomic mass is 10.1. The molecule has 0 amide bonds. The van der Waals surface area contributed by atoms with E-state index < -0.39 is 0 Å². The second-order valence-corrected chi connectivity index (χ2v) is 3.89. The molecule has 3 heteroatoms. The minimum atomic E-state index is -0.197. The highest BCUT2D eigenvalue weighted by atomic mass is 19.1. The first-order valence-corrected chi connectivity index (χ1v) is 4.73. The lowest BCUT2D eigenvalue weighted by Gasteiger charge is -2.05. The molecule has 0 unspecified atom stereocenters. The van der Waals surface area contributed by atoms with Crippen molar-refractivity contribution in [2.75, 3.05) is 0 Å². The van der Waals surface area contributed by atoms with Crippen LogP contribution >= 0.6 is 0 Å². The second kappa shape index (κ2) is 3.08. The maximum Gasteiger partial charge on any atom is 0.149 e. The molecule has 2 aromatic rings. The molecule has 0 spiro atoms. The van der Waals surface area contributed by atoms with Gasteiger partial charge in [-0.3, -0.25) is 0 Å². The summed E-state index contributed by atoms with van der Waals surface area (Å²) >= 11 is 0. The molecule has 0 radical (unpaired) electrons. The molecule has 2 nitrogen and oxygen atoms in total. The predicted molar refractivity (Wildman–Crippen MR) is 54.0 cm³/mol. The number of pyridine rings is 1. The Kier molecular flexibility index (Phi) is 2.02. The van der Waals surface area contributed by atoms with Crippen LogP contribution in [0.25, 0.3) is 5.52 Å². The fourth-order valence-electron chi connectivity index (χ4n) is 1.51. The third-order valence-corrected chi connectivity index (χ3v) is 2.33. The Morgan fingerprint density at radius 2 is 2.07 bits per heavy atom. The maximum atomic E-state index is 13.6. The van der Waals surface area contributed by atoms with E-state index in [9.17, 15) is 4.39 Å². The van der Waals surface area contributed by atoms with Crippen LogP contribution in [0, 0.1) is 12.7 Å². The smallest absolute Gasteiger partial charge is 0.149 e. The largest absolute Gasteiger partial charge is 0.237 e. The minimum Gasteiger partial charge on any atom is -0.237 e. The number of aromatic nitrogens is 2. The monoisotopic (exact) mass is 192 g/mol. The zero-order valence-corrected chi connectivity index (χ0v) is 8.58. The van der Waals surface area contributed by atoms with E-state index >= 15 is 0 Å². The van der Waals surface area contributed by atoms with Crippen molar-refractivity contribution in [3.05, 3.63) is 35.4 Å². The van der Waals surface area contributed by atoms with Crippen LogP contribution in [0.15, 0.2) is 18.3 Å². The van der Waals surface area contributed by atoms with Gasteiger partial charge in [-0.05, 0) is 30.5 Å². The summed E-state index contributed by atoms with van der Waals surface area (Å²) in [6.45, 7) is 5.94. The molecule has 0 bridgehead atoms. The topological polar surface area (TPSA) is 17.3 Å². The molecule has 2 rings (SSSR count). The summed E-state index contributed by atoms with van der Waals surface area (Å²) in [6, 6.07) is 3.33. The number of fused-ring (bicyclic) bond motifs is 1. The van der Waals surface area contributed by atoms with E-state index in [2.05, 4.69) is 5.10 Å². The maximum absolute atomic E-state index is 13.6.